The Balaban J connectivity index is 0.00000441. The van der Waals surface area contributed by atoms with Crippen LogP contribution in [0.5, 0.6) is 0 Å². The topological polar surface area (TPSA) is 52.6 Å². The van der Waals surface area contributed by atoms with E-state index in [0.29, 0.717) is 12.1 Å². The van der Waals surface area contributed by atoms with Crippen LogP contribution < -0.4 is 5.32 Å². The van der Waals surface area contributed by atoms with Crippen molar-refractivity contribution in [3.8, 4) is 0 Å². The minimum atomic E-state index is -0.955. The van der Waals surface area contributed by atoms with Gasteiger partial charge in [-0.3, -0.25) is 4.79 Å². The summed E-state index contributed by atoms with van der Waals surface area (Å²) in [4.78, 5) is 14.2. The molecule has 0 radical (unpaired) electrons. The number of aliphatic hydroxyl groups is 1. The first-order chi connectivity index (χ1) is 10.1. The highest BCUT2D eigenvalue weighted by molar-refractivity contribution is 5.99. The van der Waals surface area contributed by atoms with Gasteiger partial charge in [0, 0.05) is 24.3 Å². The number of nitrogens with zero attached hydrogens (tertiary/aromatic N) is 1. The summed E-state index contributed by atoms with van der Waals surface area (Å²) in [5, 5.41) is 13.3. The molecule has 0 aliphatic carbocycles. The number of halogens is 1. The van der Waals surface area contributed by atoms with Gasteiger partial charge in [-0.05, 0) is 43.8 Å². The number of ketones is 1. The number of rotatable bonds is 10. The average Bonchev–Trinajstić information content (AvgIpc) is 2.52. The number of anilines is 1. The average molecular weight is 329 g/mol. The zero-order chi connectivity index (χ0) is 15.7. The highest BCUT2D eigenvalue weighted by Gasteiger charge is 2.19. The Kier molecular flexibility index (Phi) is 10.9. The van der Waals surface area contributed by atoms with Crippen molar-refractivity contribution in [2.24, 2.45) is 0 Å². The number of benzene rings is 1. The lowest BCUT2D eigenvalue weighted by Crippen LogP contribution is -2.36. The molecule has 0 aliphatic heterocycles. The van der Waals surface area contributed by atoms with E-state index >= 15 is 0 Å². The summed E-state index contributed by atoms with van der Waals surface area (Å²) in [5.41, 5.74) is 1.58. The Morgan fingerprint density at radius 1 is 1.18 bits per heavy atom. The highest BCUT2D eigenvalue weighted by atomic mass is 35.5. The van der Waals surface area contributed by atoms with Crippen LogP contribution in [0.3, 0.4) is 0 Å². The fraction of sp³-hybridized carbons (Fsp3) is 0.588. The zero-order valence-corrected chi connectivity index (χ0v) is 14.7. The van der Waals surface area contributed by atoms with Crippen molar-refractivity contribution in [3.63, 3.8) is 0 Å². The van der Waals surface area contributed by atoms with E-state index in [9.17, 15) is 9.90 Å². The Labute approximate surface area is 140 Å². The van der Waals surface area contributed by atoms with Gasteiger partial charge in [0.05, 0.1) is 0 Å². The van der Waals surface area contributed by atoms with Crippen LogP contribution in [-0.4, -0.2) is 48.1 Å². The lowest BCUT2D eigenvalue weighted by Gasteiger charge is -2.21. The van der Waals surface area contributed by atoms with Gasteiger partial charge in [0.25, 0.3) is 0 Å². The molecule has 1 unspecified atom stereocenters. The maximum atomic E-state index is 12.2. The first-order valence-corrected chi connectivity index (χ1v) is 7.90. The predicted octanol–water partition coefficient (Wildman–Crippen LogP) is 3.21. The molecule has 0 aliphatic rings. The summed E-state index contributed by atoms with van der Waals surface area (Å²) >= 11 is 0. The Bertz CT molecular complexity index is 419. The lowest BCUT2D eigenvalue weighted by atomic mass is 10.1. The van der Waals surface area contributed by atoms with Gasteiger partial charge < -0.3 is 15.3 Å². The first kappa shape index (κ1) is 20.9. The molecule has 126 valence electrons. The number of hydrogen-bond acceptors (Lipinski definition) is 4. The van der Waals surface area contributed by atoms with Gasteiger partial charge >= 0.3 is 0 Å². The van der Waals surface area contributed by atoms with Crippen LogP contribution in [0.15, 0.2) is 24.3 Å². The number of aliphatic hydroxyl groups excluding tert-OH is 1. The molecule has 0 saturated carbocycles. The normalized spacial score (nSPS) is 11.9. The highest BCUT2D eigenvalue weighted by Crippen LogP contribution is 2.12. The monoisotopic (exact) mass is 328 g/mol. The van der Waals surface area contributed by atoms with Gasteiger partial charge in [0.15, 0.2) is 5.78 Å². The fourth-order valence-electron chi connectivity index (χ4n) is 2.16. The van der Waals surface area contributed by atoms with Gasteiger partial charge in [-0.15, -0.1) is 12.4 Å². The lowest BCUT2D eigenvalue weighted by molar-refractivity contribution is 0.0654. The zero-order valence-electron chi connectivity index (χ0n) is 13.8. The van der Waals surface area contributed by atoms with E-state index in [1.165, 1.54) is 0 Å². The minimum absolute atomic E-state index is 0. The number of Topliss-reactive ketones (excluding diaryl/α,β-unsaturated/α-hetero) is 1. The smallest absolute Gasteiger partial charge is 0.192 e. The molecular weight excluding hydrogens is 300 g/mol. The van der Waals surface area contributed by atoms with E-state index in [0.717, 1.165) is 38.2 Å². The summed E-state index contributed by atoms with van der Waals surface area (Å²) in [6, 6.07) is 7.35. The number of unbranched alkanes of at least 4 members (excludes halogenated alkanes) is 1. The Hall–Kier alpha value is -1.10. The van der Waals surface area contributed by atoms with Crippen molar-refractivity contribution < 1.29 is 9.90 Å². The quantitative estimate of drug-likeness (QED) is 0.511. The third-order valence-electron chi connectivity index (χ3n) is 3.66. The molecule has 0 bridgehead atoms. The summed E-state index contributed by atoms with van der Waals surface area (Å²) in [7, 11) is 0. The van der Waals surface area contributed by atoms with E-state index < -0.39 is 6.10 Å². The van der Waals surface area contributed by atoms with E-state index in [-0.39, 0.29) is 18.2 Å². The second-order valence-electron chi connectivity index (χ2n) is 5.22. The van der Waals surface area contributed by atoms with Gasteiger partial charge in [0.2, 0.25) is 0 Å². The van der Waals surface area contributed by atoms with Gasteiger partial charge in [0.1, 0.15) is 6.10 Å². The standard InChI is InChI=1S/C17H28N2O2.ClH/c1-4-7-12-18-15-10-8-14(9-11-15)17(21)16(20)13-19(5-2)6-3;/h8-11,16,18,20H,4-7,12-13H2,1-3H3;1H. The number of likely N-dealkylation sites (N-methyl/N-ethyl adjacent to an activating group) is 1. The molecule has 0 heterocycles. The molecule has 1 atom stereocenters. The Morgan fingerprint density at radius 2 is 1.77 bits per heavy atom. The number of hydrogen-bond donors (Lipinski definition) is 2. The molecule has 1 rings (SSSR count). The summed E-state index contributed by atoms with van der Waals surface area (Å²) < 4.78 is 0. The molecular formula is C17H29ClN2O2. The largest absolute Gasteiger partial charge is 0.385 e. The maximum absolute atomic E-state index is 12.2. The molecule has 5 heteroatoms. The summed E-state index contributed by atoms with van der Waals surface area (Å²) in [6.07, 6.45) is 1.33. The van der Waals surface area contributed by atoms with Crippen LogP contribution in [0.25, 0.3) is 0 Å². The number of carbonyl (C=O) groups is 1. The van der Waals surface area contributed by atoms with Crippen LogP contribution in [0.4, 0.5) is 5.69 Å². The maximum Gasteiger partial charge on any atom is 0.192 e. The van der Waals surface area contributed by atoms with E-state index in [4.69, 9.17) is 0 Å². The molecule has 1 aromatic carbocycles. The van der Waals surface area contributed by atoms with Gasteiger partial charge in [-0.1, -0.05) is 27.2 Å². The van der Waals surface area contributed by atoms with E-state index in [2.05, 4.69) is 12.2 Å². The molecule has 22 heavy (non-hydrogen) atoms. The van der Waals surface area contributed by atoms with Gasteiger partial charge in [-0.25, -0.2) is 0 Å². The molecule has 0 saturated heterocycles. The Morgan fingerprint density at radius 3 is 2.27 bits per heavy atom. The van der Waals surface area contributed by atoms with Crippen LogP contribution >= 0.6 is 12.4 Å². The van der Waals surface area contributed by atoms with Crippen LogP contribution in [0.1, 0.15) is 44.0 Å². The van der Waals surface area contributed by atoms with Crippen molar-refractivity contribution in [2.75, 3.05) is 31.5 Å². The number of carbonyl (C=O) groups excluding carboxylic acids is 1. The van der Waals surface area contributed by atoms with Crippen molar-refractivity contribution in [3.05, 3.63) is 29.8 Å². The van der Waals surface area contributed by atoms with Crippen molar-refractivity contribution in [1.29, 1.82) is 0 Å². The third-order valence-corrected chi connectivity index (χ3v) is 3.66. The molecule has 0 fully saturated rings. The molecule has 4 nitrogen and oxygen atoms in total. The second-order valence-corrected chi connectivity index (χ2v) is 5.22. The molecule has 2 N–H and O–H groups in total. The molecule has 0 aromatic heterocycles. The number of nitrogens with one attached hydrogen (secondary N) is 1. The third kappa shape index (κ3) is 6.77. The van der Waals surface area contributed by atoms with E-state index in [1.54, 1.807) is 12.1 Å². The van der Waals surface area contributed by atoms with Gasteiger partial charge in [-0.2, -0.15) is 0 Å². The SMILES string of the molecule is CCCCNc1ccc(C(=O)C(O)CN(CC)CC)cc1.Cl. The second kappa shape index (κ2) is 11.5. The minimum Gasteiger partial charge on any atom is -0.385 e. The van der Waals surface area contributed by atoms with Crippen LogP contribution in [0.2, 0.25) is 0 Å². The molecule has 0 amide bonds. The molecule has 1 aromatic rings. The molecule has 0 spiro atoms. The summed E-state index contributed by atoms with van der Waals surface area (Å²) in [6.45, 7) is 9.20. The predicted molar refractivity (Wildman–Crippen MR) is 95.2 cm³/mol. The fourth-order valence-corrected chi connectivity index (χ4v) is 2.16. The van der Waals surface area contributed by atoms with Crippen LogP contribution in [0, 0.1) is 0 Å². The van der Waals surface area contributed by atoms with Crippen LogP contribution in [-0.2, 0) is 0 Å². The van der Waals surface area contributed by atoms with E-state index in [1.807, 2.05) is 30.9 Å². The first-order valence-electron chi connectivity index (χ1n) is 7.90. The summed E-state index contributed by atoms with van der Waals surface area (Å²) in [5.74, 6) is -0.206. The van der Waals surface area contributed by atoms with Crippen molar-refractivity contribution in [2.45, 2.75) is 39.7 Å². The van der Waals surface area contributed by atoms with Crippen molar-refractivity contribution in [1.82, 2.24) is 4.90 Å². The van der Waals surface area contributed by atoms with Crippen molar-refractivity contribution >= 4 is 23.9 Å².